The summed E-state index contributed by atoms with van der Waals surface area (Å²) in [5.41, 5.74) is 7.78. The largest absolute Gasteiger partial charge is 0.471 e. The predicted molar refractivity (Wildman–Crippen MR) is 82.5 cm³/mol. The van der Waals surface area contributed by atoms with Gasteiger partial charge < -0.3 is 20.5 Å². The van der Waals surface area contributed by atoms with Gasteiger partial charge in [-0.15, -0.1) is 0 Å². The van der Waals surface area contributed by atoms with Gasteiger partial charge in [-0.05, 0) is 26.8 Å². The van der Waals surface area contributed by atoms with E-state index >= 15 is 0 Å². The van der Waals surface area contributed by atoms with Gasteiger partial charge in [0.1, 0.15) is 11.8 Å². The molecule has 0 spiro atoms. The molecule has 2 aliphatic heterocycles. The Morgan fingerprint density at radius 1 is 1.33 bits per heavy atom. The van der Waals surface area contributed by atoms with Crippen molar-refractivity contribution in [1.29, 1.82) is 0 Å². The number of fused-ring (bicyclic) bond motifs is 1. The summed E-state index contributed by atoms with van der Waals surface area (Å²) in [5, 5.41) is 9.62. The van der Waals surface area contributed by atoms with E-state index in [9.17, 15) is 5.11 Å². The van der Waals surface area contributed by atoms with Crippen LogP contribution in [0.2, 0.25) is 0 Å². The lowest BCUT2D eigenvalue weighted by molar-refractivity contribution is 0.0152. The third-order valence-corrected chi connectivity index (χ3v) is 4.20. The molecule has 21 heavy (non-hydrogen) atoms. The number of nitrogens with zero attached hydrogens (tertiary/aromatic N) is 3. The first-order chi connectivity index (χ1) is 9.85. The molecule has 1 fully saturated rings. The number of aliphatic hydroxyl groups excluding tert-OH is 1. The number of aromatic nitrogens is 1. The fraction of sp³-hybridized carbons (Fsp3) is 0.667. The van der Waals surface area contributed by atoms with Crippen LogP contribution in [0.3, 0.4) is 0 Å². The molecule has 1 aromatic rings. The maximum absolute atomic E-state index is 9.62. The lowest BCUT2D eigenvalue weighted by Crippen LogP contribution is -2.50. The van der Waals surface area contributed by atoms with Gasteiger partial charge in [-0.1, -0.05) is 0 Å². The number of nitrogen functional groups attached to an aromatic ring is 1. The zero-order valence-corrected chi connectivity index (χ0v) is 13.0. The Morgan fingerprint density at radius 3 is 2.62 bits per heavy atom. The van der Waals surface area contributed by atoms with E-state index in [-0.39, 0.29) is 5.60 Å². The minimum absolute atomic E-state index is 0.203. The summed E-state index contributed by atoms with van der Waals surface area (Å²) in [6.45, 7) is 9.16. The number of hydrogen-bond acceptors (Lipinski definition) is 6. The van der Waals surface area contributed by atoms with Crippen molar-refractivity contribution >= 4 is 11.5 Å². The van der Waals surface area contributed by atoms with E-state index in [0.717, 1.165) is 44.0 Å². The Hall–Kier alpha value is -1.53. The van der Waals surface area contributed by atoms with Crippen molar-refractivity contribution in [2.24, 2.45) is 0 Å². The average Bonchev–Trinajstić information content (AvgIpc) is 2.71. The lowest BCUT2D eigenvalue weighted by Gasteiger charge is -2.37. The van der Waals surface area contributed by atoms with Gasteiger partial charge in [0, 0.05) is 38.2 Å². The molecular formula is C15H24N4O2. The van der Waals surface area contributed by atoms with Crippen LogP contribution in [0.25, 0.3) is 0 Å². The molecular weight excluding hydrogens is 268 g/mol. The molecule has 0 radical (unpaired) electrons. The zero-order valence-electron chi connectivity index (χ0n) is 13.0. The van der Waals surface area contributed by atoms with Crippen LogP contribution in [0.15, 0.2) is 6.07 Å². The molecule has 116 valence electrons. The number of hydrogen-bond donors (Lipinski definition) is 2. The summed E-state index contributed by atoms with van der Waals surface area (Å²) >= 11 is 0. The van der Waals surface area contributed by atoms with Crippen molar-refractivity contribution in [3.05, 3.63) is 11.6 Å². The molecule has 1 saturated heterocycles. The lowest BCUT2D eigenvalue weighted by atomic mass is 10.0. The molecule has 0 aromatic carbocycles. The number of ether oxygens (including phenoxy) is 1. The number of anilines is 2. The van der Waals surface area contributed by atoms with Gasteiger partial charge in [0.15, 0.2) is 5.82 Å². The van der Waals surface area contributed by atoms with Gasteiger partial charge in [0.25, 0.3) is 0 Å². The Bertz CT molecular complexity index is 537. The van der Waals surface area contributed by atoms with Gasteiger partial charge in [-0.25, -0.2) is 0 Å². The van der Waals surface area contributed by atoms with E-state index in [1.54, 1.807) is 6.92 Å². The van der Waals surface area contributed by atoms with E-state index in [1.165, 1.54) is 0 Å². The van der Waals surface area contributed by atoms with Crippen molar-refractivity contribution in [3.8, 4) is 5.88 Å². The predicted octanol–water partition coefficient (Wildman–Crippen LogP) is 0.838. The highest BCUT2D eigenvalue weighted by atomic mass is 16.5. The van der Waals surface area contributed by atoms with Gasteiger partial charge in [-0.3, -0.25) is 4.90 Å². The van der Waals surface area contributed by atoms with Crippen LogP contribution < -0.4 is 15.4 Å². The maximum atomic E-state index is 9.62. The smallest absolute Gasteiger partial charge is 0.219 e. The fourth-order valence-corrected chi connectivity index (χ4v) is 3.08. The van der Waals surface area contributed by atoms with E-state index in [2.05, 4.69) is 23.7 Å². The average molecular weight is 292 g/mol. The van der Waals surface area contributed by atoms with Gasteiger partial charge in [-0.2, -0.15) is 4.98 Å². The Kier molecular flexibility index (Phi) is 3.45. The molecule has 0 aliphatic carbocycles. The summed E-state index contributed by atoms with van der Waals surface area (Å²) in [6.07, 6.45) is 0.442. The molecule has 1 atom stereocenters. The van der Waals surface area contributed by atoms with Crippen molar-refractivity contribution in [2.45, 2.75) is 39.0 Å². The number of rotatable bonds is 2. The van der Waals surface area contributed by atoms with Crippen LogP contribution in [0.4, 0.5) is 11.5 Å². The summed E-state index contributed by atoms with van der Waals surface area (Å²) in [4.78, 5) is 8.85. The fourth-order valence-electron chi connectivity index (χ4n) is 3.08. The van der Waals surface area contributed by atoms with Crippen LogP contribution in [-0.4, -0.2) is 53.0 Å². The van der Waals surface area contributed by atoms with Crippen LogP contribution >= 0.6 is 0 Å². The van der Waals surface area contributed by atoms with Gasteiger partial charge in [0.05, 0.1) is 5.69 Å². The van der Waals surface area contributed by atoms with Crippen molar-refractivity contribution in [3.63, 3.8) is 0 Å². The number of piperazine rings is 1. The van der Waals surface area contributed by atoms with E-state index < -0.39 is 6.23 Å². The third-order valence-electron chi connectivity index (χ3n) is 4.20. The standard InChI is InChI=1S/C15H24N4O2/c1-10(20)18-4-6-19(7-5-18)13-12(16)8-11-9-15(2,3)21-14(11)17-13/h8,10,20H,4-7,9,16H2,1-3H3. The molecule has 0 amide bonds. The Balaban J connectivity index is 1.79. The first kappa shape index (κ1) is 14.4. The third kappa shape index (κ3) is 2.78. The van der Waals surface area contributed by atoms with Crippen LogP contribution in [0.5, 0.6) is 5.88 Å². The van der Waals surface area contributed by atoms with Crippen LogP contribution in [0.1, 0.15) is 26.3 Å². The summed E-state index contributed by atoms with van der Waals surface area (Å²) in [6, 6.07) is 1.99. The molecule has 3 heterocycles. The van der Waals surface area contributed by atoms with Gasteiger partial charge in [0.2, 0.25) is 5.88 Å². The zero-order chi connectivity index (χ0) is 15.2. The Labute approximate surface area is 125 Å². The topological polar surface area (TPSA) is 74.9 Å². The normalized spacial score (nSPS) is 22.8. The highest BCUT2D eigenvalue weighted by molar-refractivity contribution is 5.66. The van der Waals surface area contributed by atoms with Crippen molar-refractivity contribution in [1.82, 2.24) is 9.88 Å². The highest BCUT2D eigenvalue weighted by Gasteiger charge is 2.33. The summed E-state index contributed by atoms with van der Waals surface area (Å²) < 4.78 is 5.90. The molecule has 1 unspecified atom stereocenters. The van der Waals surface area contributed by atoms with Crippen LogP contribution in [0, 0.1) is 0 Å². The van der Waals surface area contributed by atoms with E-state index in [4.69, 9.17) is 10.5 Å². The van der Waals surface area contributed by atoms with Gasteiger partial charge >= 0.3 is 0 Å². The minimum Gasteiger partial charge on any atom is -0.471 e. The first-order valence-electron chi connectivity index (χ1n) is 7.51. The molecule has 3 rings (SSSR count). The minimum atomic E-state index is -0.401. The second-order valence-corrected chi connectivity index (χ2v) is 6.56. The Morgan fingerprint density at radius 2 is 2.00 bits per heavy atom. The molecule has 6 heteroatoms. The molecule has 3 N–H and O–H groups in total. The number of nitrogens with two attached hydrogens (primary N) is 1. The highest BCUT2D eigenvalue weighted by Crippen LogP contribution is 2.37. The van der Waals surface area contributed by atoms with Crippen LogP contribution in [-0.2, 0) is 6.42 Å². The molecule has 6 nitrogen and oxygen atoms in total. The van der Waals surface area contributed by atoms with Crippen molar-refractivity contribution in [2.75, 3.05) is 36.8 Å². The van der Waals surface area contributed by atoms with E-state index in [1.807, 2.05) is 11.0 Å². The first-order valence-corrected chi connectivity index (χ1v) is 7.51. The summed E-state index contributed by atoms with van der Waals surface area (Å²) in [7, 11) is 0. The maximum Gasteiger partial charge on any atom is 0.219 e. The molecule has 2 aliphatic rings. The van der Waals surface area contributed by atoms with Crippen molar-refractivity contribution < 1.29 is 9.84 Å². The monoisotopic (exact) mass is 292 g/mol. The summed E-state index contributed by atoms with van der Waals surface area (Å²) in [5.74, 6) is 1.51. The second-order valence-electron chi connectivity index (χ2n) is 6.56. The molecule has 0 saturated carbocycles. The number of aliphatic hydroxyl groups is 1. The van der Waals surface area contributed by atoms with E-state index in [0.29, 0.717) is 11.6 Å². The quantitative estimate of drug-likeness (QED) is 0.841. The second kappa shape index (κ2) is 5.03. The number of pyridine rings is 1. The molecule has 1 aromatic heterocycles. The molecule has 0 bridgehead atoms. The SMILES string of the molecule is CC(O)N1CCN(c2nc3c(cc2N)CC(C)(C)O3)CC1.